The maximum atomic E-state index is 12.8. The van der Waals surface area contributed by atoms with E-state index in [4.69, 9.17) is 4.42 Å². The number of carbonyl (C=O) groups is 1. The number of nitro groups is 1. The lowest BCUT2D eigenvalue weighted by atomic mass is 10.2. The van der Waals surface area contributed by atoms with E-state index in [1.54, 1.807) is 23.3 Å². The van der Waals surface area contributed by atoms with Gasteiger partial charge in [0.25, 0.3) is 5.91 Å². The topological polar surface area (TPSA) is 76.6 Å². The summed E-state index contributed by atoms with van der Waals surface area (Å²) in [7, 11) is 0. The average Bonchev–Trinajstić information content (AvgIpc) is 3.26. The van der Waals surface area contributed by atoms with Crippen molar-refractivity contribution in [3.8, 4) is 0 Å². The monoisotopic (exact) mass is 342 g/mol. The molecule has 0 spiro atoms. The van der Waals surface area contributed by atoms with Gasteiger partial charge in [0.2, 0.25) is 0 Å². The Labute approximate surface area is 142 Å². The van der Waals surface area contributed by atoms with E-state index in [1.807, 2.05) is 30.3 Å². The second-order valence-electron chi connectivity index (χ2n) is 5.12. The van der Waals surface area contributed by atoms with Crippen molar-refractivity contribution in [1.29, 1.82) is 0 Å². The van der Waals surface area contributed by atoms with Gasteiger partial charge in [-0.05, 0) is 23.8 Å². The minimum Gasteiger partial charge on any atom is -0.467 e. The standard InChI is InChI=1S/C17H14N2O4S/c20-17(15-8-9-16(24-15)19(21)22)18(12-14-7-4-10-23-14)11-13-5-2-1-3-6-13/h1-10H,11-12H2. The van der Waals surface area contributed by atoms with E-state index in [2.05, 4.69) is 0 Å². The first-order chi connectivity index (χ1) is 11.6. The Morgan fingerprint density at radius 1 is 1.08 bits per heavy atom. The van der Waals surface area contributed by atoms with Gasteiger partial charge in [-0.2, -0.15) is 0 Å². The van der Waals surface area contributed by atoms with Crippen LogP contribution in [0.3, 0.4) is 0 Å². The van der Waals surface area contributed by atoms with E-state index in [0.29, 0.717) is 23.7 Å². The Kier molecular flexibility index (Phi) is 4.72. The highest BCUT2D eigenvalue weighted by molar-refractivity contribution is 7.17. The fraction of sp³-hybridized carbons (Fsp3) is 0.118. The molecule has 0 fully saturated rings. The lowest BCUT2D eigenvalue weighted by molar-refractivity contribution is -0.380. The van der Waals surface area contributed by atoms with Crippen LogP contribution in [0.5, 0.6) is 0 Å². The summed E-state index contributed by atoms with van der Waals surface area (Å²) in [5.74, 6) is 0.402. The Morgan fingerprint density at radius 3 is 2.50 bits per heavy atom. The van der Waals surface area contributed by atoms with Crippen molar-refractivity contribution in [3.63, 3.8) is 0 Å². The van der Waals surface area contributed by atoms with Gasteiger partial charge in [-0.1, -0.05) is 41.7 Å². The molecule has 0 aliphatic heterocycles. The van der Waals surface area contributed by atoms with E-state index < -0.39 is 4.92 Å². The SMILES string of the molecule is O=C(c1ccc([N+](=O)[O-])s1)N(Cc1ccccc1)Cc1ccco1. The van der Waals surface area contributed by atoms with Crippen LogP contribution in [0.4, 0.5) is 5.00 Å². The first-order valence-electron chi connectivity index (χ1n) is 7.23. The molecule has 0 aliphatic rings. The number of hydrogen-bond acceptors (Lipinski definition) is 5. The van der Waals surface area contributed by atoms with Gasteiger partial charge in [-0.3, -0.25) is 14.9 Å². The summed E-state index contributed by atoms with van der Waals surface area (Å²) in [6.45, 7) is 0.693. The Bertz CT molecular complexity index is 827. The molecule has 1 aromatic carbocycles. The number of furan rings is 1. The fourth-order valence-electron chi connectivity index (χ4n) is 2.29. The van der Waals surface area contributed by atoms with Gasteiger partial charge in [0.05, 0.1) is 22.6 Å². The number of thiophene rings is 1. The maximum Gasteiger partial charge on any atom is 0.324 e. The molecule has 122 valence electrons. The van der Waals surface area contributed by atoms with Crippen LogP contribution in [-0.2, 0) is 13.1 Å². The highest BCUT2D eigenvalue weighted by Crippen LogP contribution is 2.26. The van der Waals surface area contributed by atoms with Crippen LogP contribution in [0.25, 0.3) is 0 Å². The molecule has 0 saturated carbocycles. The average molecular weight is 342 g/mol. The van der Waals surface area contributed by atoms with Crippen molar-refractivity contribution in [2.75, 3.05) is 0 Å². The lowest BCUT2D eigenvalue weighted by Crippen LogP contribution is -2.29. The molecule has 0 aliphatic carbocycles. The molecule has 24 heavy (non-hydrogen) atoms. The zero-order valence-electron chi connectivity index (χ0n) is 12.6. The zero-order valence-corrected chi connectivity index (χ0v) is 13.4. The van der Waals surface area contributed by atoms with Crippen LogP contribution in [-0.4, -0.2) is 15.7 Å². The van der Waals surface area contributed by atoms with Crippen molar-refractivity contribution in [2.45, 2.75) is 13.1 Å². The van der Waals surface area contributed by atoms with Gasteiger partial charge in [-0.25, -0.2) is 0 Å². The van der Waals surface area contributed by atoms with Gasteiger partial charge < -0.3 is 9.32 Å². The van der Waals surface area contributed by atoms with Crippen LogP contribution in [0, 0.1) is 10.1 Å². The van der Waals surface area contributed by atoms with E-state index in [9.17, 15) is 14.9 Å². The summed E-state index contributed by atoms with van der Waals surface area (Å²) in [4.78, 5) is 25.1. The van der Waals surface area contributed by atoms with Crippen molar-refractivity contribution in [2.24, 2.45) is 0 Å². The molecule has 0 saturated heterocycles. The van der Waals surface area contributed by atoms with Crippen LogP contribution < -0.4 is 0 Å². The maximum absolute atomic E-state index is 12.8. The van der Waals surface area contributed by atoms with Crippen molar-refractivity contribution >= 4 is 22.2 Å². The molecular formula is C17H14N2O4S. The summed E-state index contributed by atoms with van der Waals surface area (Å²) in [5.41, 5.74) is 0.975. The van der Waals surface area contributed by atoms with Gasteiger partial charge in [0.15, 0.2) is 0 Å². The summed E-state index contributed by atoms with van der Waals surface area (Å²) in [5, 5.41) is 10.8. The highest BCUT2D eigenvalue weighted by Gasteiger charge is 2.22. The number of nitrogens with zero attached hydrogens (tertiary/aromatic N) is 2. The highest BCUT2D eigenvalue weighted by atomic mass is 32.1. The quantitative estimate of drug-likeness (QED) is 0.499. The molecule has 3 aromatic rings. The first kappa shape index (κ1) is 15.9. The normalized spacial score (nSPS) is 10.5. The number of rotatable bonds is 6. The third-order valence-electron chi connectivity index (χ3n) is 3.41. The predicted molar refractivity (Wildman–Crippen MR) is 89.7 cm³/mol. The van der Waals surface area contributed by atoms with Gasteiger partial charge in [-0.15, -0.1) is 0 Å². The fourth-order valence-corrected chi connectivity index (χ4v) is 3.08. The Hall–Kier alpha value is -2.93. The van der Waals surface area contributed by atoms with Crippen LogP contribution in [0.15, 0.2) is 65.3 Å². The van der Waals surface area contributed by atoms with E-state index >= 15 is 0 Å². The largest absolute Gasteiger partial charge is 0.467 e. The van der Waals surface area contributed by atoms with E-state index in [-0.39, 0.29) is 10.9 Å². The van der Waals surface area contributed by atoms with Crippen molar-refractivity contribution in [3.05, 3.63) is 87.2 Å². The molecule has 0 unspecified atom stereocenters. The van der Waals surface area contributed by atoms with Gasteiger partial charge in [0.1, 0.15) is 5.76 Å². The van der Waals surface area contributed by atoms with Gasteiger partial charge >= 0.3 is 5.00 Å². The Balaban J connectivity index is 1.84. The van der Waals surface area contributed by atoms with E-state index in [0.717, 1.165) is 16.9 Å². The molecule has 0 N–H and O–H groups in total. The van der Waals surface area contributed by atoms with Gasteiger partial charge in [0, 0.05) is 12.6 Å². The molecular weight excluding hydrogens is 328 g/mol. The second-order valence-corrected chi connectivity index (χ2v) is 6.18. The third-order valence-corrected chi connectivity index (χ3v) is 4.44. The number of benzene rings is 1. The molecule has 3 rings (SSSR count). The number of amides is 1. The molecule has 6 nitrogen and oxygen atoms in total. The molecule has 7 heteroatoms. The van der Waals surface area contributed by atoms with E-state index in [1.165, 1.54) is 12.1 Å². The predicted octanol–water partition coefficient (Wildman–Crippen LogP) is 4.09. The van der Waals surface area contributed by atoms with Crippen LogP contribution in [0.2, 0.25) is 0 Å². The summed E-state index contributed by atoms with van der Waals surface area (Å²) >= 11 is 0.880. The molecule has 2 aromatic heterocycles. The van der Waals surface area contributed by atoms with Crippen molar-refractivity contribution < 1.29 is 14.1 Å². The smallest absolute Gasteiger partial charge is 0.324 e. The van der Waals surface area contributed by atoms with Crippen LogP contribution >= 0.6 is 11.3 Å². The molecule has 2 heterocycles. The minimum absolute atomic E-state index is 0.0454. The van der Waals surface area contributed by atoms with Crippen molar-refractivity contribution in [1.82, 2.24) is 4.90 Å². The Morgan fingerprint density at radius 2 is 1.88 bits per heavy atom. The molecule has 0 bridgehead atoms. The summed E-state index contributed by atoms with van der Waals surface area (Å²) in [6.07, 6.45) is 1.55. The van der Waals surface area contributed by atoms with Crippen LogP contribution in [0.1, 0.15) is 21.0 Å². The molecule has 0 atom stereocenters. The lowest BCUT2D eigenvalue weighted by Gasteiger charge is -2.21. The third kappa shape index (κ3) is 3.69. The second kappa shape index (κ2) is 7.10. The number of carbonyl (C=O) groups excluding carboxylic acids is 1. The zero-order chi connectivity index (χ0) is 16.9. The minimum atomic E-state index is -0.491. The number of hydrogen-bond donors (Lipinski definition) is 0. The molecule has 0 radical (unpaired) electrons. The first-order valence-corrected chi connectivity index (χ1v) is 8.05. The molecule has 1 amide bonds. The summed E-state index contributed by atoms with van der Waals surface area (Å²) < 4.78 is 5.33. The summed E-state index contributed by atoms with van der Waals surface area (Å²) in [6, 6.07) is 16.0.